The van der Waals surface area contributed by atoms with Gasteiger partial charge in [0.25, 0.3) is 5.56 Å². The summed E-state index contributed by atoms with van der Waals surface area (Å²) in [6.45, 7) is 2.76. The van der Waals surface area contributed by atoms with Crippen molar-refractivity contribution < 1.29 is 75.5 Å². The molecule has 0 aliphatic carbocycles. The number of anilines is 1. The number of nitrogens with zero attached hydrogens (tertiary/aromatic N) is 3. The number of hydrogen-bond acceptors (Lipinski definition) is 20. The SMILES string of the molecule is CC[C@@]1(O)C(=O)OCc2c1cc1n(c2=O)Cc2c-1nc1ccc(NC(=O)CNC(=O)[C@H](Cc3ccccc3)NC(=O)CNC(=O)CNC(=O)CCOCCOCCOCCOCCNC(=O)Cc3ccc4nc(S(C)(=O)=O)sc4c3)c3c1c2CCO3. The molecule has 3 aliphatic rings. The smallest absolute Gasteiger partial charge is 0.343 e. The van der Waals surface area contributed by atoms with Gasteiger partial charge in [-0.1, -0.05) is 43.3 Å². The van der Waals surface area contributed by atoms with Gasteiger partial charge in [-0.3, -0.25) is 33.6 Å². The highest BCUT2D eigenvalue weighted by atomic mass is 32.2. The highest BCUT2D eigenvalue weighted by Gasteiger charge is 2.46. The number of carbonyl (C=O) groups excluding carboxylic acids is 7. The summed E-state index contributed by atoms with van der Waals surface area (Å²) in [4.78, 5) is 113. The molecule has 26 nitrogen and oxygen atoms in total. The van der Waals surface area contributed by atoms with Crippen LogP contribution in [0.4, 0.5) is 5.69 Å². The quantitative estimate of drug-likeness (QED) is 0.0242. The number of cyclic esters (lactones) is 1. The summed E-state index contributed by atoms with van der Waals surface area (Å²) >= 11 is 1.07. The van der Waals surface area contributed by atoms with Crippen LogP contribution in [0.1, 0.15) is 53.1 Å². The Hall–Kier alpha value is -8.25. The molecule has 0 unspecified atom stereocenters. The number of ether oxygens (including phenoxy) is 6. The zero-order chi connectivity index (χ0) is 61.0. The predicted molar refractivity (Wildman–Crippen MR) is 311 cm³/mol. The largest absolute Gasteiger partial charge is 0.490 e. The lowest BCUT2D eigenvalue weighted by Gasteiger charge is -2.31. The van der Waals surface area contributed by atoms with E-state index in [-0.39, 0.29) is 98.8 Å². The second kappa shape index (κ2) is 28.3. The molecule has 0 saturated carbocycles. The average Bonchev–Trinajstić information content (AvgIpc) is 1.49. The second-order valence-corrected chi connectivity index (χ2v) is 23.6. The van der Waals surface area contributed by atoms with Gasteiger partial charge in [-0.15, -0.1) is 11.3 Å². The zero-order valence-corrected chi connectivity index (χ0v) is 48.8. The number of amides is 6. The Bertz CT molecular complexity index is 3750. The van der Waals surface area contributed by atoms with Crippen molar-refractivity contribution in [1.29, 1.82) is 0 Å². The number of aromatic nitrogens is 3. The van der Waals surface area contributed by atoms with E-state index in [4.69, 9.17) is 33.4 Å². The molecule has 3 aromatic carbocycles. The van der Waals surface area contributed by atoms with Gasteiger partial charge in [-0.25, -0.2) is 23.2 Å². The Labute approximate surface area is 496 Å². The van der Waals surface area contributed by atoms with Crippen LogP contribution < -0.4 is 42.2 Å². The minimum atomic E-state index is -3.41. The molecule has 3 aromatic heterocycles. The van der Waals surface area contributed by atoms with Crippen molar-refractivity contribution in [2.24, 2.45) is 0 Å². The summed E-state index contributed by atoms with van der Waals surface area (Å²) in [6.07, 6.45) is 1.73. The summed E-state index contributed by atoms with van der Waals surface area (Å²) in [6, 6.07) is 17.9. The predicted octanol–water partition coefficient (Wildman–Crippen LogP) is 0.858. The number of sulfone groups is 1. The van der Waals surface area contributed by atoms with E-state index >= 15 is 0 Å². The first-order chi connectivity index (χ1) is 41.4. The monoisotopic (exact) mass is 1220 g/mol. The van der Waals surface area contributed by atoms with Gasteiger partial charge in [-0.05, 0) is 53.4 Å². The van der Waals surface area contributed by atoms with Gasteiger partial charge in [-0.2, -0.15) is 0 Å². The highest BCUT2D eigenvalue weighted by Crippen LogP contribution is 2.45. The fraction of sp³-hybridized carbons (Fsp3) is 0.414. The topological polar surface area (TPSA) is 349 Å². The normalized spacial score (nSPS) is 15.1. The van der Waals surface area contributed by atoms with E-state index in [0.717, 1.165) is 34.3 Å². The molecule has 6 amide bonds. The summed E-state index contributed by atoms with van der Waals surface area (Å²) < 4.78 is 59.1. The van der Waals surface area contributed by atoms with Crippen LogP contribution in [-0.4, -0.2) is 167 Å². The maximum atomic E-state index is 13.8. The van der Waals surface area contributed by atoms with Crippen molar-refractivity contribution in [3.05, 3.63) is 110 Å². The number of rotatable bonds is 30. The van der Waals surface area contributed by atoms with Crippen LogP contribution in [0.15, 0.2) is 75.9 Å². The lowest BCUT2D eigenvalue weighted by molar-refractivity contribution is -0.172. The molecule has 0 spiro atoms. The van der Waals surface area contributed by atoms with Gasteiger partial charge in [0, 0.05) is 48.6 Å². The summed E-state index contributed by atoms with van der Waals surface area (Å²) in [5, 5.41) is 27.6. The standard InChI is InChI=1S/C58H65N9O17S2/c1-3-58(76)39-28-44-52-37(32-67(44)55(74)38(39)33-84-56(58)75)36-13-17-83-53-42(12-11-41(65-52)51(36)53)63-50(72)31-62-54(73)43(25-34-7-5-4-6-8-34)64-49(71)30-61-48(70)29-60-46(68)14-16-79-19-21-81-23-24-82-22-20-80-18-15-59-47(69)27-35-9-10-40-45(26-35)85-57(66-40)86(2,77)78/h4-12,26,28,43,76H,3,13-25,27,29-33H2,1-2H3,(H,59,69)(H,60,68)(H,61,70)(H,62,73)(H,63,72)(H,64,71)/t43-,58-/m0/s1. The molecule has 28 heteroatoms. The summed E-state index contributed by atoms with van der Waals surface area (Å²) in [5.41, 5.74) is 3.57. The molecule has 0 fully saturated rings. The van der Waals surface area contributed by atoms with Crippen molar-refractivity contribution in [3.63, 3.8) is 0 Å². The molecule has 456 valence electrons. The first kappa shape index (κ1) is 62.3. The molecule has 6 heterocycles. The van der Waals surface area contributed by atoms with Gasteiger partial charge < -0.3 is 70.0 Å². The van der Waals surface area contributed by atoms with E-state index in [1.165, 1.54) is 0 Å². The number of fused-ring (bicyclic) bond motifs is 6. The Morgan fingerprint density at radius 3 is 2.15 bits per heavy atom. The van der Waals surface area contributed by atoms with Gasteiger partial charge in [0.2, 0.25) is 49.6 Å². The number of hydrogen-bond donors (Lipinski definition) is 7. The van der Waals surface area contributed by atoms with Crippen LogP contribution in [-0.2, 0) is 105 Å². The maximum absolute atomic E-state index is 13.8. The average molecular weight is 1220 g/mol. The van der Waals surface area contributed by atoms with Gasteiger partial charge in [0.05, 0.1) is 130 Å². The molecule has 0 saturated heterocycles. The van der Waals surface area contributed by atoms with Crippen molar-refractivity contribution in [2.45, 2.75) is 68.2 Å². The number of nitrogens with one attached hydrogen (secondary N) is 6. The molecule has 6 aromatic rings. The third kappa shape index (κ3) is 15.2. The van der Waals surface area contributed by atoms with E-state index in [1.807, 2.05) is 0 Å². The first-order valence-corrected chi connectivity index (χ1v) is 30.5. The minimum absolute atomic E-state index is 0.00901. The fourth-order valence-electron chi connectivity index (χ4n) is 9.96. The fourth-order valence-corrected chi connectivity index (χ4v) is 11.9. The van der Waals surface area contributed by atoms with Gasteiger partial charge in [0.1, 0.15) is 12.6 Å². The highest BCUT2D eigenvalue weighted by molar-refractivity contribution is 7.92. The van der Waals surface area contributed by atoms with E-state index < -0.39 is 76.6 Å². The van der Waals surface area contributed by atoms with E-state index in [0.29, 0.717) is 88.9 Å². The van der Waals surface area contributed by atoms with Crippen LogP contribution >= 0.6 is 11.3 Å². The third-order valence-electron chi connectivity index (χ3n) is 14.3. The van der Waals surface area contributed by atoms with Crippen molar-refractivity contribution in [2.75, 3.05) is 97.2 Å². The number of pyridine rings is 2. The lowest BCUT2D eigenvalue weighted by Crippen LogP contribution is -2.52. The summed E-state index contributed by atoms with van der Waals surface area (Å²) in [7, 11) is -3.41. The van der Waals surface area contributed by atoms with Crippen molar-refractivity contribution in [3.8, 4) is 17.1 Å². The Balaban J connectivity index is 0.634. The second-order valence-electron chi connectivity index (χ2n) is 20.4. The lowest BCUT2D eigenvalue weighted by atomic mass is 9.86. The number of esters is 1. The molecule has 86 heavy (non-hydrogen) atoms. The van der Waals surface area contributed by atoms with E-state index in [2.05, 4.69) is 36.9 Å². The van der Waals surface area contributed by atoms with Crippen LogP contribution in [0, 0.1) is 0 Å². The van der Waals surface area contributed by atoms with Crippen molar-refractivity contribution >= 4 is 89.4 Å². The van der Waals surface area contributed by atoms with Gasteiger partial charge >= 0.3 is 5.97 Å². The number of carbonyl (C=O) groups is 7. The molecular formula is C58H65N9O17S2. The van der Waals surface area contributed by atoms with E-state index in [1.54, 1.807) is 78.2 Å². The van der Waals surface area contributed by atoms with Crippen LogP contribution in [0.25, 0.3) is 32.5 Å². The molecule has 3 aliphatic heterocycles. The molecular weight excluding hydrogens is 1160 g/mol. The van der Waals surface area contributed by atoms with Gasteiger partial charge in [0.15, 0.2) is 11.4 Å². The molecule has 7 N–H and O–H groups in total. The molecule has 2 atom stereocenters. The maximum Gasteiger partial charge on any atom is 0.343 e. The Kier molecular flexibility index (Phi) is 20.5. The van der Waals surface area contributed by atoms with Crippen LogP contribution in [0.3, 0.4) is 0 Å². The first-order valence-electron chi connectivity index (χ1n) is 27.8. The van der Waals surface area contributed by atoms with Crippen LogP contribution in [0.2, 0.25) is 0 Å². The molecule has 9 rings (SSSR count). The van der Waals surface area contributed by atoms with Crippen LogP contribution in [0.5, 0.6) is 5.75 Å². The Morgan fingerprint density at radius 2 is 1.42 bits per heavy atom. The van der Waals surface area contributed by atoms with E-state index in [9.17, 15) is 51.9 Å². The zero-order valence-electron chi connectivity index (χ0n) is 47.2. The number of aliphatic hydroxyl groups is 1. The minimum Gasteiger partial charge on any atom is -0.490 e. The third-order valence-corrected chi connectivity index (χ3v) is 17.0. The summed E-state index contributed by atoms with van der Waals surface area (Å²) in [5.74, 6) is -3.74. The molecule has 0 bridgehead atoms. The Morgan fingerprint density at radius 1 is 0.733 bits per heavy atom. The number of thiazole rings is 1. The number of benzene rings is 3. The molecule has 0 radical (unpaired) electrons. The van der Waals surface area contributed by atoms with Crippen molar-refractivity contribution in [1.82, 2.24) is 41.1 Å².